The number of hydrogen-bond donors (Lipinski definition) is 1. The summed E-state index contributed by atoms with van der Waals surface area (Å²) >= 11 is 0. The first-order valence-corrected chi connectivity index (χ1v) is 6.16. The van der Waals surface area contributed by atoms with E-state index in [0.29, 0.717) is 23.0 Å². The minimum atomic E-state index is -0.255. The average Bonchev–Trinajstić information content (AvgIpc) is 2.77. The standard InChI is InChI=1S/C14H15N3O3/c1-8-4-5-11(9(2)18)6-12(8)16-14(19)7-13-15-10(3)20-17-13/h4-6H,7H2,1-3H3,(H,16,19). The summed E-state index contributed by atoms with van der Waals surface area (Å²) in [6.45, 7) is 5.01. The fourth-order valence-corrected chi connectivity index (χ4v) is 1.73. The zero-order valence-corrected chi connectivity index (χ0v) is 11.6. The average molecular weight is 273 g/mol. The molecule has 2 rings (SSSR count). The van der Waals surface area contributed by atoms with Gasteiger partial charge in [0, 0.05) is 18.2 Å². The van der Waals surface area contributed by atoms with Gasteiger partial charge in [0.2, 0.25) is 11.8 Å². The molecular formula is C14H15N3O3. The van der Waals surface area contributed by atoms with Gasteiger partial charge in [0.25, 0.3) is 0 Å². The Morgan fingerprint density at radius 2 is 2.05 bits per heavy atom. The van der Waals surface area contributed by atoms with Crippen LogP contribution in [0.1, 0.15) is 34.6 Å². The number of benzene rings is 1. The van der Waals surface area contributed by atoms with Crippen molar-refractivity contribution in [2.45, 2.75) is 27.2 Å². The topological polar surface area (TPSA) is 85.1 Å². The van der Waals surface area contributed by atoms with Crippen molar-refractivity contribution in [1.29, 1.82) is 0 Å². The van der Waals surface area contributed by atoms with Gasteiger partial charge in [0.1, 0.15) is 0 Å². The zero-order valence-electron chi connectivity index (χ0n) is 11.6. The number of nitrogens with zero attached hydrogens (tertiary/aromatic N) is 2. The van der Waals surface area contributed by atoms with E-state index in [-0.39, 0.29) is 18.1 Å². The molecular weight excluding hydrogens is 258 g/mol. The summed E-state index contributed by atoms with van der Waals surface area (Å²) < 4.78 is 4.80. The SMILES string of the molecule is CC(=O)c1ccc(C)c(NC(=O)Cc2noc(C)n2)c1. The van der Waals surface area contributed by atoms with Crippen molar-refractivity contribution in [2.24, 2.45) is 0 Å². The van der Waals surface area contributed by atoms with E-state index in [1.165, 1.54) is 6.92 Å². The number of aromatic nitrogens is 2. The first-order valence-electron chi connectivity index (χ1n) is 6.16. The van der Waals surface area contributed by atoms with E-state index in [1.807, 2.05) is 6.92 Å². The van der Waals surface area contributed by atoms with Crippen LogP contribution < -0.4 is 5.32 Å². The van der Waals surface area contributed by atoms with Gasteiger partial charge in [-0.2, -0.15) is 4.98 Å². The number of amides is 1. The molecule has 104 valence electrons. The van der Waals surface area contributed by atoms with Crippen LogP contribution in [-0.2, 0) is 11.2 Å². The van der Waals surface area contributed by atoms with E-state index in [9.17, 15) is 9.59 Å². The lowest BCUT2D eigenvalue weighted by Crippen LogP contribution is -2.16. The van der Waals surface area contributed by atoms with Gasteiger partial charge in [0.05, 0.1) is 6.42 Å². The Bertz CT molecular complexity index is 661. The molecule has 0 unspecified atom stereocenters. The summed E-state index contributed by atoms with van der Waals surface area (Å²) in [4.78, 5) is 27.2. The Labute approximate surface area is 116 Å². The molecule has 1 heterocycles. The van der Waals surface area contributed by atoms with Crippen LogP contribution in [0.3, 0.4) is 0 Å². The highest BCUT2D eigenvalue weighted by Gasteiger charge is 2.11. The van der Waals surface area contributed by atoms with Gasteiger partial charge < -0.3 is 9.84 Å². The lowest BCUT2D eigenvalue weighted by Gasteiger charge is -2.08. The molecule has 6 heteroatoms. The minimum absolute atomic E-state index is 0.0288. The summed E-state index contributed by atoms with van der Waals surface area (Å²) in [6, 6.07) is 5.19. The number of Topliss-reactive ketones (excluding diaryl/α,β-unsaturated/α-hetero) is 1. The third-order valence-corrected chi connectivity index (χ3v) is 2.81. The Hall–Kier alpha value is -2.50. The molecule has 0 aliphatic carbocycles. The smallest absolute Gasteiger partial charge is 0.232 e. The van der Waals surface area contributed by atoms with Crippen LogP contribution in [-0.4, -0.2) is 21.8 Å². The predicted molar refractivity (Wildman–Crippen MR) is 72.6 cm³/mol. The first kappa shape index (κ1) is 13.9. The van der Waals surface area contributed by atoms with Crippen LogP contribution in [0.15, 0.2) is 22.7 Å². The highest BCUT2D eigenvalue weighted by atomic mass is 16.5. The van der Waals surface area contributed by atoms with Crippen LogP contribution >= 0.6 is 0 Å². The first-order chi connectivity index (χ1) is 9.45. The summed E-state index contributed by atoms with van der Waals surface area (Å²) in [5.41, 5.74) is 2.05. The van der Waals surface area contributed by atoms with Gasteiger partial charge in [-0.3, -0.25) is 9.59 Å². The number of carbonyl (C=O) groups excluding carboxylic acids is 2. The van der Waals surface area contributed by atoms with Crippen LogP contribution in [0.25, 0.3) is 0 Å². The van der Waals surface area contributed by atoms with Crippen molar-refractivity contribution >= 4 is 17.4 Å². The van der Waals surface area contributed by atoms with Crippen LogP contribution in [0.5, 0.6) is 0 Å². The van der Waals surface area contributed by atoms with Crippen LogP contribution in [0, 0.1) is 13.8 Å². The fraction of sp³-hybridized carbons (Fsp3) is 0.286. The Morgan fingerprint density at radius 3 is 2.65 bits per heavy atom. The van der Waals surface area contributed by atoms with Crippen molar-refractivity contribution in [1.82, 2.24) is 10.1 Å². The van der Waals surface area contributed by atoms with Crippen molar-refractivity contribution < 1.29 is 14.1 Å². The van der Waals surface area contributed by atoms with Crippen LogP contribution in [0.4, 0.5) is 5.69 Å². The van der Waals surface area contributed by atoms with Crippen LogP contribution in [0.2, 0.25) is 0 Å². The molecule has 20 heavy (non-hydrogen) atoms. The maximum absolute atomic E-state index is 11.9. The highest BCUT2D eigenvalue weighted by Crippen LogP contribution is 2.17. The van der Waals surface area contributed by atoms with Crippen molar-refractivity contribution in [2.75, 3.05) is 5.32 Å². The van der Waals surface area contributed by atoms with E-state index in [2.05, 4.69) is 15.5 Å². The molecule has 0 radical (unpaired) electrons. The lowest BCUT2D eigenvalue weighted by molar-refractivity contribution is -0.115. The van der Waals surface area contributed by atoms with E-state index in [1.54, 1.807) is 25.1 Å². The fourth-order valence-electron chi connectivity index (χ4n) is 1.73. The normalized spacial score (nSPS) is 10.3. The Balaban J connectivity index is 2.11. The third kappa shape index (κ3) is 3.28. The maximum Gasteiger partial charge on any atom is 0.232 e. The molecule has 1 N–H and O–H groups in total. The third-order valence-electron chi connectivity index (χ3n) is 2.81. The van der Waals surface area contributed by atoms with Crippen molar-refractivity contribution in [3.8, 4) is 0 Å². The highest BCUT2D eigenvalue weighted by molar-refractivity contribution is 5.97. The second-order valence-electron chi connectivity index (χ2n) is 4.54. The zero-order chi connectivity index (χ0) is 14.7. The summed E-state index contributed by atoms with van der Waals surface area (Å²) in [7, 11) is 0. The lowest BCUT2D eigenvalue weighted by atomic mass is 10.1. The largest absolute Gasteiger partial charge is 0.340 e. The monoisotopic (exact) mass is 273 g/mol. The summed E-state index contributed by atoms with van der Waals surface area (Å²) in [5.74, 6) is 0.451. The number of aryl methyl sites for hydroxylation is 2. The molecule has 1 aromatic heterocycles. The minimum Gasteiger partial charge on any atom is -0.340 e. The van der Waals surface area contributed by atoms with Gasteiger partial charge in [-0.1, -0.05) is 17.3 Å². The predicted octanol–water partition coefficient (Wildman–Crippen LogP) is 2.07. The molecule has 0 saturated carbocycles. The molecule has 1 amide bonds. The van der Waals surface area contributed by atoms with E-state index < -0.39 is 0 Å². The number of nitrogens with one attached hydrogen (secondary N) is 1. The van der Waals surface area contributed by atoms with Gasteiger partial charge in [-0.05, 0) is 25.5 Å². The molecule has 0 bridgehead atoms. The number of ketones is 1. The number of carbonyl (C=O) groups is 2. The molecule has 0 aliphatic rings. The molecule has 6 nitrogen and oxygen atoms in total. The van der Waals surface area contributed by atoms with Gasteiger partial charge in [-0.15, -0.1) is 0 Å². The maximum atomic E-state index is 11.9. The van der Waals surface area contributed by atoms with E-state index >= 15 is 0 Å². The number of rotatable bonds is 4. The quantitative estimate of drug-likeness (QED) is 0.862. The second-order valence-corrected chi connectivity index (χ2v) is 4.54. The second kappa shape index (κ2) is 5.64. The summed E-state index contributed by atoms with van der Waals surface area (Å²) in [6.07, 6.45) is 0.0288. The van der Waals surface area contributed by atoms with Gasteiger partial charge in [0.15, 0.2) is 11.6 Å². The molecule has 0 fully saturated rings. The number of hydrogen-bond acceptors (Lipinski definition) is 5. The van der Waals surface area contributed by atoms with E-state index in [4.69, 9.17) is 4.52 Å². The Kier molecular flexibility index (Phi) is 3.93. The van der Waals surface area contributed by atoms with Crippen molar-refractivity contribution in [3.63, 3.8) is 0 Å². The number of anilines is 1. The summed E-state index contributed by atoms with van der Waals surface area (Å²) in [5, 5.41) is 6.41. The molecule has 2 aromatic rings. The van der Waals surface area contributed by atoms with Crippen molar-refractivity contribution in [3.05, 3.63) is 41.0 Å². The van der Waals surface area contributed by atoms with Gasteiger partial charge in [-0.25, -0.2) is 0 Å². The van der Waals surface area contributed by atoms with Gasteiger partial charge >= 0.3 is 0 Å². The molecule has 0 aliphatic heterocycles. The molecule has 0 spiro atoms. The molecule has 0 atom stereocenters. The Morgan fingerprint density at radius 1 is 1.30 bits per heavy atom. The molecule has 1 aromatic carbocycles. The van der Waals surface area contributed by atoms with E-state index in [0.717, 1.165) is 5.56 Å². The molecule has 0 saturated heterocycles.